The average molecular weight is 318 g/mol. The maximum Gasteiger partial charge on any atom is 0.257 e. The molecule has 0 bridgehead atoms. The van der Waals surface area contributed by atoms with Crippen LogP contribution in [0.25, 0.3) is 0 Å². The number of nitrogens with zero attached hydrogens (tertiary/aromatic N) is 1. The molecule has 1 aliphatic heterocycles. The molecule has 2 rings (SSSR count). The number of carbonyl (C=O) groups excluding carboxylic acids is 1. The maximum atomic E-state index is 13.7. The average Bonchev–Trinajstić information content (AvgIpc) is 2.29. The highest BCUT2D eigenvalue weighted by Gasteiger charge is 2.26. The number of thioether (sulfide) groups is 1. The minimum atomic E-state index is -0.463. The van der Waals surface area contributed by atoms with Crippen molar-refractivity contribution >= 4 is 33.6 Å². The van der Waals surface area contributed by atoms with Gasteiger partial charge >= 0.3 is 0 Å². The molecule has 17 heavy (non-hydrogen) atoms. The third-order valence-electron chi connectivity index (χ3n) is 2.79. The summed E-state index contributed by atoms with van der Waals surface area (Å²) in [7, 11) is 0. The van der Waals surface area contributed by atoms with Crippen LogP contribution in [-0.2, 0) is 0 Å². The van der Waals surface area contributed by atoms with Crippen LogP contribution < -0.4 is 0 Å². The number of amides is 1. The van der Waals surface area contributed by atoms with Gasteiger partial charge in [0.15, 0.2) is 0 Å². The Kier molecular flexibility index (Phi) is 4.09. The van der Waals surface area contributed by atoms with E-state index >= 15 is 0 Å². The molecule has 1 aromatic carbocycles. The Morgan fingerprint density at radius 3 is 3.00 bits per heavy atom. The molecule has 1 saturated heterocycles. The van der Waals surface area contributed by atoms with E-state index in [1.165, 1.54) is 12.1 Å². The number of halogens is 2. The van der Waals surface area contributed by atoms with E-state index in [4.69, 9.17) is 0 Å². The van der Waals surface area contributed by atoms with Gasteiger partial charge in [0.05, 0.1) is 5.56 Å². The van der Waals surface area contributed by atoms with E-state index in [0.717, 1.165) is 11.5 Å². The summed E-state index contributed by atoms with van der Waals surface area (Å²) in [6, 6.07) is 4.73. The molecule has 1 amide bonds. The summed E-state index contributed by atoms with van der Waals surface area (Å²) in [5.41, 5.74) is 0.159. The van der Waals surface area contributed by atoms with E-state index in [1.54, 1.807) is 11.0 Å². The first-order chi connectivity index (χ1) is 8.09. The Labute approximate surface area is 113 Å². The molecule has 1 fully saturated rings. The van der Waals surface area contributed by atoms with Gasteiger partial charge in [0.1, 0.15) is 5.82 Å². The minimum Gasteiger partial charge on any atom is -0.334 e. The van der Waals surface area contributed by atoms with Gasteiger partial charge in [-0.15, -0.1) is 0 Å². The molecule has 1 aromatic rings. The van der Waals surface area contributed by atoms with Crippen molar-refractivity contribution in [2.45, 2.75) is 13.0 Å². The fraction of sp³-hybridized carbons (Fsp3) is 0.417. The first-order valence-electron chi connectivity index (χ1n) is 5.43. The second-order valence-electron chi connectivity index (χ2n) is 4.05. The van der Waals surface area contributed by atoms with Crippen LogP contribution in [-0.4, -0.2) is 34.9 Å². The number of hydrogen-bond donors (Lipinski definition) is 0. The SMILES string of the molecule is CC1CSCCN1C(=O)c1ccc(Br)cc1F. The van der Waals surface area contributed by atoms with Crippen molar-refractivity contribution in [3.63, 3.8) is 0 Å². The molecule has 5 heteroatoms. The lowest BCUT2D eigenvalue weighted by atomic mass is 10.1. The van der Waals surface area contributed by atoms with Crippen molar-refractivity contribution in [3.8, 4) is 0 Å². The van der Waals surface area contributed by atoms with E-state index in [9.17, 15) is 9.18 Å². The van der Waals surface area contributed by atoms with Crippen molar-refractivity contribution in [1.82, 2.24) is 4.90 Å². The van der Waals surface area contributed by atoms with Crippen molar-refractivity contribution in [1.29, 1.82) is 0 Å². The molecule has 1 aliphatic rings. The number of benzene rings is 1. The highest BCUT2D eigenvalue weighted by Crippen LogP contribution is 2.21. The molecule has 0 radical (unpaired) electrons. The first kappa shape index (κ1) is 12.9. The zero-order valence-electron chi connectivity index (χ0n) is 9.45. The van der Waals surface area contributed by atoms with Gasteiger partial charge < -0.3 is 4.90 Å². The summed E-state index contributed by atoms with van der Waals surface area (Å²) < 4.78 is 14.3. The summed E-state index contributed by atoms with van der Waals surface area (Å²) in [6.07, 6.45) is 0. The monoisotopic (exact) mass is 317 g/mol. The van der Waals surface area contributed by atoms with Gasteiger partial charge in [-0.05, 0) is 25.1 Å². The molecule has 0 aromatic heterocycles. The van der Waals surface area contributed by atoms with Gasteiger partial charge in [-0.3, -0.25) is 4.79 Å². The molecule has 0 spiro atoms. The Morgan fingerprint density at radius 2 is 2.35 bits per heavy atom. The lowest BCUT2D eigenvalue weighted by Gasteiger charge is -2.33. The van der Waals surface area contributed by atoms with Crippen LogP contribution in [0.15, 0.2) is 22.7 Å². The largest absolute Gasteiger partial charge is 0.334 e. The van der Waals surface area contributed by atoms with Crippen LogP contribution in [0.4, 0.5) is 4.39 Å². The standard InChI is InChI=1S/C12H13BrFNOS/c1-8-7-17-5-4-15(8)12(16)10-3-2-9(13)6-11(10)14/h2-3,6,8H,4-5,7H2,1H3. The van der Waals surface area contributed by atoms with Crippen LogP contribution in [0.5, 0.6) is 0 Å². The highest BCUT2D eigenvalue weighted by molar-refractivity contribution is 9.10. The Balaban J connectivity index is 2.24. The highest BCUT2D eigenvalue weighted by atomic mass is 79.9. The Morgan fingerprint density at radius 1 is 1.59 bits per heavy atom. The fourth-order valence-corrected chi connectivity index (χ4v) is 3.19. The molecular formula is C12H13BrFNOS. The first-order valence-corrected chi connectivity index (χ1v) is 7.38. The van der Waals surface area contributed by atoms with Crippen LogP contribution in [0.3, 0.4) is 0 Å². The number of hydrogen-bond acceptors (Lipinski definition) is 2. The van der Waals surface area contributed by atoms with Gasteiger partial charge in [0, 0.05) is 28.6 Å². The summed E-state index contributed by atoms with van der Waals surface area (Å²) >= 11 is 5.02. The smallest absolute Gasteiger partial charge is 0.257 e. The van der Waals surface area contributed by atoms with Gasteiger partial charge in [0.25, 0.3) is 5.91 Å². The van der Waals surface area contributed by atoms with Crippen molar-refractivity contribution in [2.75, 3.05) is 18.1 Å². The van der Waals surface area contributed by atoms with E-state index in [1.807, 2.05) is 18.7 Å². The molecule has 2 nitrogen and oxygen atoms in total. The molecule has 0 aliphatic carbocycles. The van der Waals surface area contributed by atoms with Gasteiger partial charge in [-0.2, -0.15) is 11.8 Å². The lowest BCUT2D eigenvalue weighted by Crippen LogP contribution is -2.44. The molecule has 1 heterocycles. The van der Waals surface area contributed by atoms with Gasteiger partial charge in [0.2, 0.25) is 0 Å². The van der Waals surface area contributed by atoms with E-state index in [0.29, 0.717) is 11.0 Å². The second-order valence-corrected chi connectivity index (χ2v) is 6.11. The summed E-state index contributed by atoms with van der Waals surface area (Å²) in [4.78, 5) is 14.0. The quantitative estimate of drug-likeness (QED) is 0.793. The molecular weight excluding hydrogens is 305 g/mol. The lowest BCUT2D eigenvalue weighted by molar-refractivity contribution is 0.0711. The number of rotatable bonds is 1. The minimum absolute atomic E-state index is 0.159. The van der Waals surface area contributed by atoms with Gasteiger partial charge in [-0.25, -0.2) is 4.39 Å². The Bertz CT molecular complexity index is 441. The molecule has 0 N–H and O–H groups in total. The summed E-state index contributed by atoms with van der Waals surface area (Å²) in [5.74, 6) is 1.18. The van der Waals surface area contributed by atoms with Crippen molar-refractivity contribution in [3.05, 3.63) is 34.1 Å². The maximum absolute atomic E-state index is 13.7. The second kappa shape index (κ2) is 5.40. The van der Waals surface area contributed by atoms with Gasteiger partial charge in [-0.1, -0.05) is 15.9 Å². The zero-order valence-corrected chi connectivity index (χ0v) is 11.9. The molecule has 92 valence electrons. The predicted molar refractivity (Wildman–Crippen MR) is 71.9 cm³/mol. The zero-order chi connectivity index (χ0) is 12.4. The third-order valence-corrected chi connectivity index (χ3v) is 4.47. The number of carbonyl (C=O) groups is 1. The third kappa shape index (κ3) is 2.83. The van der Waals surface area contributed by atoms with Crippen LogP contribution in [0.1, 0.15) is 17.3 Å². The summed E-state index contributed by atoms with van der Waals surface area (Å²) in [6.45, 7) is 2.70. The fourth-order valence-electron chi connectivity index (χ4n) is 1.85. The molecule has 1 atom stereocenters. The van der Waals surface area contributed by atoms with E-state index in [2.05, 4.69) is 15.9 Å². The van der Waals surface area contributed by atoms with Crippen LogP contribution in [0, 0.1) is 5.82 Å². The summed E-state index contributed by atoms with van der Waals surface area (Å²) in [5, 5.41) is 0. The Hall–Kier alpha value is -0.550. The van der Waals surface area contributed by atoms with E-state index in [-0.39, 0.29) is 17.5 Å². The van der Waals surface area contributed by atoms with Crippen LogP contribution >= 0.6 is 27.7 Å². The van der Waals surface area contributed by atoms with Crippen molar-refractivity contribution in [2.24, 2.45) is 0 Å². The normalized spacial score (nSPS) is 20.4. The van der Waals surface area contributed by atoms with Crippen LogP contribution in [0.2, 0.25) is 0 Å². The topological polar surface area (TPSA) is 20.3 Å². The molecule has 0 saturated carbocycles. The van der Waals surface area contributed by atoms with E-state index < -0.39 is 5.82 Å². The predicted octanol–water partition coefficient (Wildman–Crippen LogP) is 3.17. The molecule has 1 unspecified atom stereocenters. The van der Waals surface area contributed by atoms with Crippen molar-refractivity contribution < 1.29 is 9.18 Å².